The molecule has 0 bridgehead atoms. The molecule has 1 aliphatic carbocycles. The predicted octanol–water partition coefficient (Wildman–Crippen LogP) is 3.76. The number of carboxylic acids is 1. The number of carbonyl (C=O) groups is 3. The number of rotatable bonds is 33. The summed E-state index contributed by atoms with van der Waals surface area (Å²) in [5.74, 6) is -2.93. The Morgan fingerprint density at radius 3 is 2.22 bits per heavy atom. The van der Waals surface area contributed by atoms with Crippen LogP contribution < -0.4 is 27.5 Å². The van der Waals surface area contributed by atoms with Gasteiger partial charge in [-0.1, -0.05) is 27.7 Å². The van der Waals surface area contributed by atoms with Gasteiger partial charge in [0.25, 0.3) is 26.1 Å². The summed E-state index contributed by atoms with van der Waals surface area (Å²) >= 11 is 0. The Bertz CT molecular complexity index is 3750. The molecule has 462 valence electrons. The zero-order valence-electron chi connectivity index (χ0n) is 44.9. The Morgan fingerprint density at radius 1 is 0.906 bits per heavy atom. The van der Waals surface area contributed by atoms with Gasteiger partial charge in [-0.3, -0.25) is 38.1 Å². The van der Waals surface area contributed by atoms with Crippen molar-refractivity contribution in [2.45, 2.75) is 59.7 Å². The Morgan fingerprint density at radius 2 is 1.56 bits per heavy atom. The quantitative estimate of drug-likeness (QED) is 0.00533. The number of nitrogen functional groups attached to an aromatic ring is 2. The highest BCUT2D eigenvalue weighted by molar-refractivity contribution is 8.77. The van der Waals surface area contributed by atoms with Gasteiger partial charge < -0.3 is 60.0 Å². The summed E-state index contributed by atoms with van der Waals surface area (Å²) in [7, 11) is -15.9. The van der Waals surface area contributed by atoms with Crippen molar-refractivity contribution < 1.29 is 106 Å². The first kappa shape index (κ1) is 66.7. The van der Waals surface area contributed by atoms with E-state index in [1.165, 1.54) is 58.5 Å². The molecule has 4 heterocycles. The summed E-state index contributed by atoms with van der Waals surface area (Å²) in [6.07, 6.45) is 0.752. The van der Waals surface area contributed by atoms with Gasteiger partial charge in [-0.15, -0.1) is 4.89 Å². The summed E-state index contributed by atoms with van der Waals surface area (Å²) in [5, 5.41) is 23.1. The van der Waals surface area contributed by atoms with Crippen molar-refractivity contribution in [2.24, 2.45) is 0 Å². The molecule has 12 N–H and O–H groups in total. The number of benzene rings is 3. The van der Waals surface area contributed by atoms with Gasteiger partial charge in [-0.25, -0.2) is 24.3 Å². The van der Waals surface area contributed by atoms with Crippen LogP contribution in [0.2, 0.25) is 0 Å². The molecule has 1 fully saturated rings. The van der Waals surface area contributed by atoms with E-state index in [-0.39, 0.29) is 118 Å². The smallest absolute Gasteiger partial charge is 0.478 e. The number of imidazole rings is 1. The number of amides is 2. The molecular weight excluding hydrogens is 1250 g/mol. The van der Waals surface area contributed by atoms with E-state index >= 15 is 0 Å². The number of aromatic nitrogens is 4. The maximum absolute atomic E-state index is 13.2. The van der Waals surface area contributed by atoms with Crippen LogP contribution in [0.25, 0.3) is 44.6 Å². The number of hydrogen-bond donors (Lipinski definition) is 10. The van der Waals surface area contributed by atoms with Gasteiger partial charge in [-0.2, -0.15) is 16.8 Å². The van der Waals surface area contributed by atoms with Crippen LogP contribution >= 0.6 is 37.7 Å². The molecule has 3 aliphatic rings. The number of phosphoric acid groups is 1. The third-order valence-corrected chi connectivity index (χ3v) is 18.9. The predicted molar refractivity (Wildman–Crippen MR) is 302 cm³/mol. The lowest BCUT2D eigenvalue weighted by Crippen LogP contribution is -2.36. The molecule has 85 heavy (non-hydrogen) atoms. The second-order valence-corrected chi connectivity index (χ2v) is 26.7. The van der Waals surface area contributed by atoms with Crippen LogP contribution in [-0.2, 0) is 71.4 Å². The summed E-state index contributed by atoms with van der Waals surface area (Å²) in [6.45, 7) is 5.14. The van der Waals surface area contributed by atoms with Crippen molar-refractivity contribution in [2.75, 3.05) is 90.0 Å². The molecule has 0 radical (unpaired) electrons. The minimum atomic E-state index is -5.22. The van der Waals surface area contributed by atoms with E-state index in [0.717, 1.165) is 18.2 Å². The number of fused-ring (bicyclic) bond motifs is 3. The fourth-order valence-corrected chi connectivity index (χ4v) is 13.3. The number of anilines is 2. The normalized spacial score (nSPS) is 16.7. The molecular formula is C47H58N9O23P2S4+. The van der Waals surface area contributed by atoms with Crippen molar-refractivity contribution in [3.63, 3.8) is 0 Å². The summed E-state index contributed by atoms with van der Waals surface area (Å²) in [5.41, 5.74) is 10.2. The van der Waals surface area contributed by atoms with Gasteiger partial charge >= 0.3 is 22.0 Å². The SMILES string of the molecule is CC(C)(CNC(=O)CCOCCOCCOCCOCCNC(=O)c1ccc(-c2c3ccc(=N)c(S(=O)(=O)O)c-3oc3c(S(=O)(=O)O)c(N)ccc23)c(C(=O)O)c1)SSCO[C@@H]1C[C@H](n2cnc3c(N)ncnc32)O[C@@H]1COP(=O)(O)O[P+](=O)O. The zero-order chi connectivity index (χ0) is 61.9. The standard InChI is InChI=1S/C47H57N9O23P2S4/c1-47(2,83-82-25-75-33-20-36(56-24-55-38-43(50)53-23-54-44(38)56)77-34(33)21-76-81(63,64)79-80(61)62)22-52-35(57)9-11-71-13-15-73-17-18-74-16-14-72-12-10-51-45(58)26-3-4-27(30(19-26)46(59)60)37-28-5-7-31(48)41(84(65,66)67)39(28)78-40-29(37)6-8-32(49)42(40)85(68,69)70/h3-8,19,23-24,33-34,36H,9-18,20-22,25H2,1-2H3,(H11-,48,49,50,51,52,53,54,57,58,59,60,61,62,63,64,65,66,67,68,69,70)/p+1/t33-,34-,36-/m1/s1. The third-order valence-electron chi connectivity index (χ3n) is 12.2. The van der Waals surface area contributed by atoms with Crippen molar-refractivity contribution in [1.29, 1.82) is 5.41 Å². The van der Waals surface area contributed by atoms with Crippen LogP contribution in [0.3, 0.4) is 0 Å². The van der Waals surface area contributed by atoms with Crippen LogP contribution in [0.1, 0.15) is 53.6 Å². The number of nitrogens with zero attached hydrogens (tertiary/aromatic N) is 4. The van der Waals surface area contributed by atoms with E-state index in [9.17, 15) is 59.5 Å². The monoisotopic (exact) mass is 1310 g/mol. The lowest BCUT2D eigenvalue weighted by atomic mass is 9.89. The Kier molecular flexibility index (Phi) is 22.9. The average Bonchev–Trinajstić information content (AvgIpc) is 1.37. The molecule has 38 heteroatoms. The van der Waals surface area contributed by atoms with E-state index < -0.39 is 116 Å². The van der Waals surface area contributed by atoms with Gasteiger partial charge in [-0.05, 0) is 60.1 Å². The topological polar surface area (TPSA) is 485 Å². The molecule has 2 amide bonds. The molecule has 0 spiro atoms. The molecule has 4 aromatic rings. The van der Waals surface area contributed by atoms with Crippen LogP contribution in [0.5, 0.6) is 0 Å². The number of aromatic carboxylic acids is 1. The van der Waals surface area contributed by atoms with Gasteiger partial charge in [0.15, 0.2) is 32.6 Å². The van der Waals surface area contributed by atoms with E-state index in [1.54, 1.807) is 4.57 Å². The summed E-state index contributed by atoms with van der Waals surface area (Å²) in [6, 6.07) is 8.01. The van der Waals surface area contributed by atoms with E-state index in [0.29, 0.717) is 17.7 Å². The van der Waals surface area contributed by atoms with Gasteiger partial charge in [0.2, 0.25) is 5.91 Å². The number of ether oxygens (including phenoxy) is 6. The Hall–Kier alpha value is -5.86. The van der Waals surface area contributed by atoms with Gasteiger partial charge in [0, 0.05) is 57.3 Å². The first-order chi connectivity index (χ1) is 40.2. The lowest BCUT2D eigenvalue weighted by molar-refractivity contribution is -0.122. The van der Waals surface area contributed by atoms with Gasteiger partial charge in [0.1, 0.15) is 30.1 Å². The number of nitrogens with two attached hydrogens (primary N) is 2. The minimum absolute atomic E-state index is 0.00344. The van der Waals surface area contributed by atoms with Crippen LogP contribution in [0.15, 0.2) is 69.3 Å². The first-order valence-electron chi connectivity index (χ1n) is 25.0. The second kappa shape index (κ2) is 29.2. The number of nitrogens with one attached hydrogen (secondary N) is 3. The van der Waals surface area contributed by atoms with Gasteiger partial charge in [0.05, 0.1) is 88.5 Å². The van der Waals surface area contributed by atoms with E-state index in [2.05, 4.69) is 29.9 Å². The molecule has 32 nitrogen and oxygen atoms in total. The minimum Gasteiger partial charge on any atom is -0.478 e. The summed E-state index contributed by atoms with van der Waals surface area (Å²) in [4.78, 5) is 67.6. The lowest BCUT2D eigenvalue weighted by Gasteiger charge is -2.24. The van der Waals surface area contributed by atoms with E-state index in [1.807, 2.05) is 13.8 Å². The van der Waals surface area contributed by atoms with E-state index in [4.69, 9.17) is 59.1 Å². The highest BCUT2D eigenvalue weighted by Crippen LogP contribution is 2.52. The molecule has 1 saturated heterocycles. The van der Waals surface area contributed by atoms with Crippen LogP contribution in [0, 0.1) is 5.41 Å². The van der Waals surface area contributed by atoms with Crippen molar-refractivity contribution in [3.05, 3.63) is 71.6 Å². The number of phosphoric ester groups is 1. The third kappa shape index (κ3) is 17.9. The highest BCUT2D eigenvalue weighted by atomic mass is 33.1. The largest absolute Gasteiger partial charge is 0.705 e. The first-order valence-corrected chi connectivity index (χ1v) is 32.9. The van der Waals surface area contributed by atoms with Crippen molar-refractivity contribution in [1.82, 2.24) is 30.2 Å². The molecule has 2 aliphatic heterocycles. The second-order valence-electron chi connectivity index (χ2n) is 18.7. The average molecular weight is 1310 g/mol. The Balaban J connectivity index is 0.755. The van der Waals surface area contributed by atoms with Crippen molar-refractivity contribution >= 4 is 109 Å². The molecule has 0 saturated carbocycles. The highest BCUT2D eigenvalue weighted by Gasteiger charge is 2.42. The molecule has 2 aromatic heterocycles. The van der Waals surface area contributed by atoms with Crippen molar-refractivity contribution in [3.8, 4) is 22.5 Å². The Labute approximate surface area is 492 Å². The molecule has 7 rings (SSSR count). The maximum Gasteiger partial charge on any atom is 0.705 e. The fourth-order valence-electron chi connectivity index (χ4n) is 8.43. The van der Waals surface area contributed by atoms with Crippen LogP contribution in [0.4, 0.5) is 11.5 Å². The number of carboxylic acid groups (broad SMARTS) is 1. The van der Waals surface area contributed by atoms with Crippen LogP contribution in [-0.4, -0.2) is 174 Å². The molecule has 5 atom stereocenters. The maximum atomic E-state index is 13.2. The fraction of sp³-hybridized carbons (Fsp3) is 0.426. The summed E-state index contributed by atoms with van der Waals surface area (Å²) < 4.78 is 143. The zero-order valence-corrected chi connectivity index (χ0v) is 49.9. The molecule has 2 aromatic carbocycles. The molecule has 2 unspecified atom stereocenters. The number of hydrogen-bond acceptors (Lipinski definition) is 26. The number of carbonyl (C=O) groups excluding carboxylic acids is 2.